The zero-order valence-electron chi connectivity index (χ0n) is 32.7. The molecule has 8 heteroatoms. The summed E-state index contributed by atoms with van der Waals surface area (Å²) in [5.74, 6) is 0. The predicted molar refractivity (Wildman–Crippen MR) is 234 cm³/mol. The third-order valence-electron chi connectivity index (χ3n) is 10.9. The van der Waals surface area contributed by atoms with Gasteiger partial charge in [0.25, 0.3) is 0 Å². The molecule has 2 aromatic heterocycles. The van der Waals surface area contributed by atoms with Crippen molar-refractivity contribution in [3.05, 3.63) is 143 Å². The van der Waals surface area contributed by atoms with Crippen LogP contribution in [0, 0.1) is 0 Å². The van der Waals surface area contributed by atoms with Gasteiger partial charge in [-0.2, -0.15) is 9.13 Å². The van der Waals surface area contributed by atoms with Crippen LogP contribution in [0.25, 0.3) is 34.0 Å². The summed E-state index contributed by atoms with van der Waals surface area (Å²) >= 11 is 3.69. The van der Waals surface area contributed by atoms with Gasteiger partial charge in [0.05, 0.1) is 32.2 Å². The fraction of sp³-hybridized carbons (Fsp3) is 0.234. The van der Waals surface area contributed by atoms with Gasteiger partial charge < -0.3 is 9.80 Å². The van der Waals surface area contributed by atoms with E-state index in [-0.39, 0.29) is 0 Å². The van der Waals surface area contributed by atoms with Crippen molar-refractivity contribution >= 4 is 80.3 Å². The number of hydrogen-bond acceptors (Lipinski definition) is 4. The maximum Gasteiger partial charge on any atom is 0.227 e. The predicted octanol–water partition coefficient (Wildman–Crippen LogP) is 8.95. The number of benzene rings is 4. The van der Waals surface area contributed by atoms with Crippen LogP contribution in [0.3, 0.4) is 0 Å². The first-order chi connectivity index (χ1) is 26.7. The lowest BCUT2D eigenvalue weighted by Gasteiger charge is -2.13. The minimum absolute atomic E-state index is 0.858. The molecule has 0 aliphatic carbocycles. The van der Waals surface area contributed by atoms with Gasteiger partial charge in [-0.15, -0.1) is 0 Å². The van der Waals surface area contributed by atoms with Gasteiger partial charge in [-0.05, 0) is 66.1 Å². The zero-order chi connectivity index (χ0) is 38.1. The van der Waals surface area contributed by atoms with Crippen molar-refractivity contribution in [3.8, 4) is 0 Å². The standard InChI is InChI=1S/C47H50N6S2/c1-48(2)36(32-52-28-26-34(38-18-7-9-20-40(38)52)30-46-50(5)42-22-11-13-24-44(42)54-46)16-15-17-37(49(3)4)33-53-29-27-35(39-19-8-10-21-41(39)53)31-47-51(6)43-23-12-14-25-45(43)55-47/h7-14,18-31H,15-17,32-33H2,1-6H3/q+4. The molecule has 0 atom stereocenters. The van der Waals surface area contributed by atoms with Crippen LogP contribution in [-0.2, 0) is 13.1 Å². The molecule has 0 unspecified atom stereocenters. The van der Waals surface area contributed by atoms with E-state index in [0.29, 0.717) is 0 Å². The third kappa shape index (κ3) is 7.58. The summed E-state index contributed by atoms with van der Waals surface area (Å²) in [4.78, 5) is 7.22. The molecule has 2 aliphatic heterocycles. The maximum absolute atomic E-state index is 2.42. The normalized spacial score (nSPS) is 14.9. The van der Waals surface area contributed by atoms with E-state index in [4.69, 9.17) is 0 Å². The summed E-state index contributed by atoms with van der Waals surface area (Å²) in [5, 5.41) is 5.04. The van der Waals surface area contributed by atoms with Gasteiger partial charge in [0.2, 0.25) is 35.5 Å². The average Bonchev–Trinajstić information content (AvgIpc) is 3.69. The molecule has 0 radical (unpaired) electrons. The highest BCUT2D eigenvalue weighted by Crippen LogP contribution is 2.46. The highest BCUT2D eigenvalue weighted by Gasteiger charge is 2.26. The number of anilines is 2. The van der Waals surface area contributed by atoms with Crippen molar-refractivity contribution in [1.29, 1.82) is 0 Å². The molecular formula is C47H50N6S2+4. The summed E-state index contributed by atoms with van der Waals surface area (Å²) in [6.07, 6.45) is 12.4. The average molecular weight is 763 g/mol. The first-order valence-corrected chi connectivity index (χ1v) is 20.7. The molecule has 4 heterocycles. The van der Waals surface area contributed by atoms with Crippen LogP contribution in [0.5, 0.6) is 0 Å². The summed E-state index contributed by atoms with van der Waals surface area (Å²) in [6, 6.07) is 39.5. The molecule has 6 aromatic rings. The lowest BCUT2D eigenvalue weighted by atomic mass is 10.1. The highest BCUT2D eigenvalue weighted by atomic mass is 32.2. The Hall–Kier alpha value is -5.18. The van der Waals surface area contributed by atoms with Crippen molar-refractivity contribution in [2.75, 3.05) is 52.1 Å². The van der Waals surface area contributed by atoms with Gasteiger partial charge in [0.1, 0.15) is 28.2 Å². The molecular weight excluding hydrogens is 713 g/mol. The number of rotatable bonds is 10. The van der Waals surface area contributed by atoms with E-state index in [0.717, 1.165) is 32.4 Å². The van der Waals surface area contributed by atoms with E-state index >= 15 is 0 Å². The third-order valence-corrected chi connectivity index (χ3v) is 13.3. The van der Waals surface area contributed by atoms with Crippen LogP contribution >= 0.6 is 23.5 Å². The minimum Gasteiger partial charge on any atom is -0.338 e. The first kappa shape index (κ1) is 36.8. The van der Waals surface area contributed by atoms with E-state index in [1.165, 1.54) is 75.6 Å². The van der Waals surface area contributed by atoms with Crippen LogP contribution in [0.15, 0.2) is 141 Å². The largest absolute Gasteiger partial charge is 0.338 e. The molecule has 0 bridgehead atoms. The highest BCUT2D eigenvalue weighted by molar-refractivity contribution is 8.04. The number of aromatic nitrogens is 2. The Morgan fingerprint density at radius 1 is 0.545 bits per heavy atom. The van der Waals surface area contributed by atoms with Crippen LogP contribution in [0.2, 0.25) is 0 Å². The summed E-state index contributed by atoms with van der Waals surface area (Å²) in [6.45, 7) is 1.72. The van der Waals surface area contributed by atoms with Gasteiger partial charge in [0, 0.05) is 61.0 Å². The first-order valence-electron chi connectivity index (χ1n) is 19.1. The monoisotopic (exact) mass is 762 g/mol. The fourth-order valence-corrected chi connectivity index (χ4v) is 9.89. The quantitative estimate of drug-likeness (QED) is 0.103. The maximum atomic E-state index is 2.42. The minimum atomic E-state index is 0.858. The van der Waals surface area contributed by atoms with Gasteiger partial charge in [-0.1, -0.05) is 72.1 Å². The van der Waals surface area contributed by atoms with Crippen molar-refractivity contribution in [2.24, 2.45) is 0 Å². The summed E-state index contributed by atoms with van der Waals surface area (Å²) < 4.78 is 9.48. The van der Waals surface area contributed by atoms with Gasteiger partial charge in [0.15, 0.2) is 12.4 Å². The number of pyridine rings is 2. The molecule has 0 spiro atoms. The number of nitrogens with zero attached hydrogens (tertiary/aromatic N) is 6. The molecule has 0 N–H and O–H groups in total. The molecule has 276 valence electrons. The number of hydrogen-bond donors (Lipinski definition) is 0. The van der Waals surface area contributed by atoms with E-state index in [1.54, 1.807) is 0 Å². The Labute approximate surface area is 334 Å². The van der Waals surface area contributed by atoms with Crippen molar-refractivity contribution in [2.45, 2.75) is 42.1 Å². The lowest BCUT2D eigenvalue weighted by Crippen LogP contribution is -2.41. The second kappa shape index (κ2) is 15.9. The van der Waals surface area contributed by atoms with Gasteiger partial charge in [-0.3, -0.25) is 0 Å². The Morgan fingerprint density at radius 2 is 0.945 bits per heavy atom. The number of para-hydroxylation sites is 4. The van der Waals surface area contributed by atoms with Gasteiger partial charge in [-0.25, -0.2) is 9.15 Å². The zero-order valence-corrected chi connectivity index (χ0v) is 34.4. The Bertz CT molecular complexity index is 2380. The Morgan fingerprint density at radius 3 is 1.36 bits per heavy atom. The molecule has 0 saturated carbocycles. The molecule has 55 heavy (non-hydrogen) atoms. The van der Waals surface area contributed by atoms with Crippen LogP contribution < -0.4 is 18.9 Å². The van der Waals surface area contributed by atoms with Crippen molar-refractivity contribution in [1.82, 2.24) is 0 Å². The smallest absolute Gasteiger partial charge is 0.227 e. The molecule has 8 rings (SSSR count). The van der Waals surface area contributed by atoms with E-state index in [2.05, 4.69) is 204 Å². The molecule has 0 fully saturated rings. The van der Waals surface area contributed by atoms with Gasteiger partial charge >= 0.3 is 0 Å². The molecule has 4 aromatic carbocycles. The summed E-state index contributed by atoms with van der Waals surface area (Å²) in [7, 11) is 13.1. The van der Waals surface area contributed by atoms with Crippen LogP contribution in [-0.4, -0.2) is 62.9 Å². The topological polar surface area (TPSA) is 20.3 Å². The van der Waals surface area contributed by atoms with Crippen LogP contribution in [0.4, 0.5) is 11.4 Å². The van der Waals surface area contributed by atoms with E-state index < -0.39 is 0 Å². The van der Waals surface area contributed by atoms with Crippen LogP contribution in [0.1, 0.15) is 30.4 Å². The molecule has 0 amide bonds. The molecule has 0 saturated heterocycles. The molecule has 6 nitrogen and oxygen atoms in total. The Balaban J connectivity index is 0.973. The molecule has 2 aliphatic rings. The number of thioether (sulfide) groups is 2. The SMILES string of the molecule is CN1C(=Cc2cc[n+](CC(CCCC(C[n+]3ccc(C=C4Sc5ccccc5N4C)c4ccccc43)=[N+](C)C)=[N+](C)C)c3ccccc23)Sc2ccccc21. The second-order valence-corrected chi connectivity index (χ2v) is 17.0. The second-order valence-electron chi connectivity index (χ2n) is 14.8. The Kier molecular flexibility index (Phi) is 10.6. The van der Waals surface area contributed by atoms with Crippen molar-refractivity contribution in [3.63, 3.8) is 0 Å². The van der Waals surface area contributed by atoms with E-state index in [9.17, 15) is 0 Å². The van der Waals surface area contributed by atoms with E-state index in [1.807, 2.05) is 23.5 Å². The number of fused-ring (bicyclic) bond motifs is 4. The summed E-state index contributed by atoms with van der Waals surface area (Å²) in [5.41, 5.74) is 10.4. The lowest BCUT2D eigenvalue weighted by molar-refractivity contribution is -0.662. The van der Waals surface area contributed by atoms with Crippen molar-refractivity contribution < 1.29 is 18.3 Å². The fourth-order valence-electron chi connectivity index (χ4n) is 7.68.